The van der Waals surface area contributed by atoms with Crippen LogP contribution in [0.4, 0.5) is 0 Å². The summed E-state index contributed by atoms with van der Waals surface area (Å²) in [7, 11) is 3.35. The number of rotatable bonds is 8. The molecule has 1 aliphatic heterocycles. The fourth-order valence-electron chi connectivity index (χ4n) is 3.90. The molecule has 0 bridgehead atoms. The van der Waals surface area contributed by atoms with E-state index in [2.05, 4.69) is 50.4 Å². The van der Waals surface area contributed by atoms with E-state index >= 15 is 0 Å². The van der Waals surface area contributed by atoms with E-state index in [-0.39, 0.29) is 6.04 Å². The van der Waals surface area contributed by atoms with Crippen LogP contribution in [0.2, 0.25) is 0 Å². The molecule has 7 heteroatoms. The molecular weight excluding hydrogens is 476 g/mol. The van der Waals surface area contributed by atoms with Crippen molar-refractivity contribution in [2.24, 2.45) is 0 Å². The first-order chi connectivity index (χ1) is 15.2. The first-order valence-electron chi connectivity index (χ1n) is 10.3. The molecule has 4 rings (SSSR count). The second kappa shape index (κ2) is 10.5. The van der Waals surface area contributed by atoms with Crippen molar-refractivity contribution in [3.63, 3.8) is 0 Å². The lowest BCUT2D eigenvalue weighted by molar-refractivity contribution is 0.199. The quantitative estimate of drug-likeness (QED) is 0.464. The summed E-state index contributed by atoms with van der Waals surface area (Å²) in [5, 5.41) is 3.45. The van der Waals surface area contributed by atoms with Crippen LogP contribution in [-0.4, -0.2) is 45.3 Å². The van der Waals surface area contributed by atoms with Gasteiger partial charge in [-0.2, -0.15) is 0 Å². The summed E-state index contributed by atoms with van der Waals surface area (Å²) in [5.74, 6) is 1.99. The van der Waals surface area contributed by atoms with Crippen LogP contribution < -0.4 is 19.5 Å². The predicted octanol–water partition coefficient (Wildman–Crippen LogP) is 5.10. The number of halogens is 1. The number of hydrogen-bond donors (Lipinski definition) is 1. The highest BCUT2D eigenvalue weighted by Gasteiger charge is 2.28. The fraction of sp³-hybridized carbons (Fsp3) is 0.333. The van der Waals surface area contributed by atoms with Gasteiger partial charge in [0.1, 0.15) is 6.61 Å². The maximum absolute atomic E-state index is 6.15. The van der Waals surface area contributed by atoms with Gasteiger partial charge in [0, 0.05) is 31.1 Å². The molecule has 5 nitrogen and oxygen atoms in total. The molecule has 2 aromatic carbocycles. The molecule has 1 atom stereocenters. The Labute approximate surface area is 196 Å². The van der Waals surface area contributed by atoms with Crippen LogP contribution in [0.5, 0.6) is 17.2 Å². The minimum absolute atomic E-state index is 0.129. The van der Waals surface area contributed by atoms with Gasteiger partial charge >= 0.3 is 0 Å². The van der Waals surface area contributed by atoms with Crippen molar-refractivity contribution < 1.29 is 14.2 Å². The molecule has 31 heavy (non-hydrogen) atoms. The lowest BCUT2D eigenvalue weighted by Gasteiger charge is -2.35. The van der Waals surface area contributed by atoms with Crippen molar-refractivity contribution in [1.82, 2.24) is 10.2 Å². The van der Waals surface area contributed by atoms with Crippen LogP contribution >= 0.6 is 27.3 Å². The van der Waals surface area contributed by atoms with E-state index in [1.165, 1.54) is 4.88 Å². The zero-order chi connectivity index (χ0) is 21.6. The zero-order valence-corrected chi connectivity index (χ0v) is 20.2. The third kappa shape index (κ3) is 5.23. The van der Waals surface area contributed by atoms with Gasteiger partial charge in [-0.3, -0.25) is 4.90 Å². The molecule has 1 aliphatic rings. The molecule has 1 saturated heterocycles. The van der Waals surface area contributed by atoms with Crippen LogP contribution in [0.15, 0.2) is 58.4 Å². The summed E-state index contributed by atoms with van der Waals surface area (Å²) in [5.41, 5.74) is 2.23. The Bertz CT molecular complexity index is 964. The van der Waals surface area contributed by atoms with Crippen LogP contribution in [0.3, 0.4) is 0 Å². The Kier molecular flexibility index (Phi) is 7.50. The SMILES string of the molecule is COc1cc(C(c2ccc(Br)s2)N2CCNCC2)cc(OC)c1OCc1ccccc1. The van der Waals surface area contributed by atoms with Crippen molar-refractivity contribution in [3.05, 3.63) is 74.4 Å². The minimum Gasteiger partial charge on any atom is -0.493 e. The molecule has 2 heterocycles. The lowest BCUT2D eigenvalue weighted by atomic mass is 10.0. The Morgan fingerprint density at radius 1 is 1.00 bits per heavy atom. The highest BCUT2D eigenvalue weighted by Crippen LogP contribution is 2.44. The number of methoxy groups -OCH3 is 2. The van der Waals surface area contributed by atoms with Gasteiger partial charge in [-0.15, -0.1) is 11.3 Å². The van der Waals surface area contributed by atoms with Gasteiger partial charge in [0.05, 0.1) is 24.0 Å². The molecule has 0 radical (unpaired) electrons. The standard InChI is InChI=1S/C24H27BrN2O3S/c1-28-19-14-18(15-20(29-2)24(19)30-16-17-6-4-3-5-7-17)23(21-8-9-22(25)31-21)27-12-10-26-11-13-27/h3-9,14-15,23,26H,10-13,16H2,1-2H3. The van der Waals surface area contributed by atoms with Crippen molar-refractivity contribution in [2.45, 2.75) is 12.6 Å². The van der Waals surface area contributed by atoms with Gasteiger partial charge in [0.25, 0.3) is 0 Å². The van der Waals surface area contributed by atoms with Crippen molar-refractivity contribution in [2.75, 3.05) is 40.4 Å². The monoisotopic (exact) mass is 502 g/mol. The largest absolute Gasteiger partial charge is 0.493 e. The van der Waals surface area contributed by atoms with Gasteiger partial charge in [-0.25, -0.2) is 0 Å². The summed E-state index contributed by atoms with van der Waals surface area (Å²) in [6.07, 6.45) is 0. The van der Waals surface area contributed by atoms with Gasteiger partial charge in [0.2, 0.25) is 5.75 Å². The van der Waals surface area contributed by atoms with Gasteiger partial charge in [0.15, 0.2) is 11.5 Å². The van der Waals surface area contributed by atoms with Crippen LogP contribution in [0, 0.1) is 0 Å². The topological polar surface area (TPSA) is 43.0 Å². The second-order valence-electron chi connectivity index (χ2n) is 7.36. The molecule has 1 N–H and O–H groups in total. The Balaban J connectivity index is 1.70. The van der Waals surface area contributed by atoms with Crippen LogP contribution in [0.1, 0.15) is 22.0 Å². The Hall–Kier alpha value is -2.06. The fourth-order valence-corrected chi connectivity index (χ4v) is 5.49. The Morgan fingerprint density at radius 2 is 1.68 bits per heavy atom. The molecule has 1 unspecified atom stereocenters. The summed E-state index contributed by atoms with van der Waals surface area (Å²) in [6, 6.07) is 18.7. The number of piperazine rings is 1. The number of nitrogens with zero attached hydrogens (tertiary/aromatic N) is 1. The summed E-state index contributed by atoms with van der Waals surface area (Å²) >= 11 is 5.39. The summed E-state index contributed by atoms with van der Waals surface area (Å²) < 4.78 is 18.8. The Morgan fingerprint density at radius 3 is 2.26 bits per heavy atom. The smallest absolute Gasteiger partial charge is 0.203 e. The predicted molar refractivity (Wildman–Crippen MR) is 129 cm³/mol. The minimum atomic E-state index is 0.129. The normalized spacial score (nSPS) is 15.5. The van der Waals surface area contributed by atoms with Gasteiger partial charge in [-0.05, 0) is 51.3 Å². The molecule has 164 valence electrons. The molecule has 0 aliphatic carbocycles. The van der Waals surface area contributed by atoms with Gasteiger partial charge < -0.3 is 19.5 Å². The molecule has 1 aromatic heterocycles. The highest BCUT2D eigenvalue weighted by molar-refractivity contribution is 9.11. The summed E-state index contributed by atoms with van der Waals surface area (Å²) in [6.45, 7) is 4.38. The van der Waals surface area contributed by atoms with E-state index in [0.29, 0.717) is 23.9 Å². The molecular formula is C24H27BrN2O3S. The van der Waals surface area contributed by atoms with E-state index in [0.717, 1.165) is 41.1 Å². The number of thiophene rings is 1. The average molecular weight is 503 g/mol. The van der Waals surface area contributed by atoms with E-state index in [9.17, 15) is 0 Å². The highest BCUT2D eigenvalue weighted by atomic mass is 79.9. The molecule has 0 spiro atoms. The third-order valence-electron chi connectivity index (χ3n) is 5.40. The maximum atomic E-state index is 6.15. The zero-order valence-electron chi connectivity index (χ0n) is 17.8. The first-order valence-corrected chi connectivity index (χ1v) is 11.9. The number of nitrogens with one attached hydrogen (secondary N) is 1. The van der Waals surface area contributed by atoms with Crippen LogP contribution in [0.25, 0.3) is 0 Å². The molecule has 3 aromatic rings. The number of hydrogen-bond acceptors (Lipinski definition) is 6. The van der Waals surface area contributed by atoms with Gasteiger partial charge in [-0.1, -0.05) is 30.3 Å². The lowest BCUT2D eigenvalue weighted by Crippen LogP contribution is -2.45. The number of ether oxygens (including phenoxy) is 3. The third-order valence-corrected chi connectivity index (χ3v) is 7.08. The van der Waals surface area contributed by atoms with Crippen molar-refractivity contribution in [1.29, 1.82) is 0 Å². The molecule has 1 fully saturated rings. The van der Waals surface area contributed by atoms with Crippen molar-refractivity contribution in [3.8, 4) is 17.2 Å². The maximum Gasteiger partial charge on any atom is 0.203 e. The number of benzene rings is 2. The second-order valence-corrected chi connectivity index (χ2v) is 9.85. The van der Waals surface area contributed by atoms with E-state index < -0.39 is 0 Å². The van der Waals surface area contributed by atoms with E-state index in [1.54, 1.807) is 25.6 Å². The first kappa shape index (κ1) is 22.1. The molecule has 0 amide bonds. The summed E-state index contributed by atoms with van der Waals surface area (Å²) in [4.78, 5) is 3.80. The van der Waals surface area contributed by atoms with E-state index in [4.69, 9.17) is 14.2 Å². The van der Waals surface area contributed by atoms with Crippen molar-refractivity contribution >= 4 is 27.3 Å². The van der Waals surface area contributed by atoms with E-state index in [1.807, 2.05) is 30.3 Å². The molecule has 0 saturated carbocycles. The van der Waals surface area contributed by atoms with Crippen LogP contribution in [-0.2, 0) is 6.61 Å². The average Bonchev–Trinajstić information content (AvgIpc) is 3.24.